The first-order valence-corrected chi connectivity index (χ1v) is 5.60. The molecular weight excluding hydrogens is 278 g/mol. The average Bonchev–Trinajstić information content (AvgIpc) is 2.75. The van der Waals surface area contributed by atoms with Gasteiger partial charge in [0.05, 0.1) is 24.2 Å². The van der Waals surface area contributed by atoms with E-state index < -0.39 is 45.9 Å². The second-order valence-electron chi connectivity index (χ2n) is 4.27. The Hall–Kier alpha value is -2.29. The highest BCUT2D eigenvalue weighted by Crippen LogP contribution is 2.31. The Bertz CT molecular complexity index is 566. The molecule has 20 heavy (non-hydrogen) atoms. The number of carboxylic acids is 1. The van der Waals surface area contributed by atoms with Crippen molar-refractivity contribution in [2.24, 2.45) is 5.92 Å². The van der Waals surface area contributed by atoms with Crippen molar-refractivity contribution in [3.8, 4) is 0 Å². The minimum Gasteiger partial charge on any atom is -0.481 e. The lowest BCUT2D eigenvalue weighted by atomic mass is 10.0. The number of ether oxygens (including phenoxy) is 1. The van der Waals surface area contributed by atoms with Crippen LogP contribution in [0, 0.1) is 27.7 Å². The lowest BCUT2D eigenvalue weighted by molar-refractivity contribution is -0.386. The summed E-state index contributed by atoms with van der Waals surface area (Å²) in [6, 6.07) is 0.342. The fourth-order valence-corrected chi connectivity index (χ4v) is 2.00. The van der Waals surface area contributed by atoms with Gasteiger partial charge in [-0.2, -0.15) is 4.39 Å². The Kier molecular flexibility index (Phi) is 3.79. The Morgan fingerprint density at radius 1 is 1.45 bits per heavy atom. The molecule has 0 radical (unpaired) electrons. The maximum atomic E-state index is 13.4. The molecule has 2 rings (SSSR count). The molecule has 7 nitrogen and oxygen atoms in total. The van der Waals surface area contributed by atoms with E-state index in [1.807, 2.05) is 0 Å². The number of carboxylic acid groups (broad SMARTS) is 1. The van der Waals surface area contributed by atoms with Crippen molar-refractivity contribution in [1.29, 1.82) is 0 Å². The van der Waals surface area contributed by atoms with Crippen molar-refractivity contribution in [2.45, 2.75) is 6.04 Å². The predicted molar refractivity (Wildman–Crippen MR) is 62.4 cm³/mol. The lowest BCUT2D eigenvalue weighted by Crippen LogP contribution is -2.33. The molecule has 0 bridgehead atoms. The van der Waals surface area contributed by atoms with Gasteiger partial charge in [0.1, 0.15) is 17.4 Å². The molecule has 0 spiro atoms. The summed E-state index contributed by atoms with van der Waals surface area (Å²) in [7, 11) is 0. The van der Waals surface area contributed by atoms with Crippen molar-refractivity contribution in [3.05, 3.63) is 33.9 Å². The second kappa shape index (κ2) is 5.37. The summed E-state index contributed by atoms with van der Waals surface area (Å²) in [6.07, 6.45) is 0. The molecule has 1 saturated heterocycles. The zero-order valence-electron chi connectivity index (χ0n) is 10.0. The summed E-state index contributed by atoms with van der Waals surface area (Å²) in [6.45, 7) is -0.0924. The molecule has 1 fully saturated rings. The molecule has 1 aromatic carbocycles. The van der Waals surface area contributed by atoms with Crippen LogP contribution in [0.3, 0.4) is 0 Å². The number of nitro benzene ring substituents is 1. The number of anilines is 1. The monoisotopic (exact) mass is 288 g/mol. The van der Waals surface area contributed by atoms with Crippen molar-refractivity contribution in [3.63, 3.8) is 0 Å². The molecule has 0 aromatic heterocycles. The lowest BCUT2D eigenvalue weighted by Gasteiger charge is -2.17. The summed E-state index contributed by atoms with van der Waals surface area (Å²) in [5.41, 5.74) is -1.34. The molecule has 2 atom stereocenters. The number of halogens is 2. The van der Waals surface area contributed by atoms with E-state index in [0.717, 1.165) is 6.07 Å². The van der Waals surface area contributed by atoms with Crippen LogP contribution in [-0.4, -0.2) is 35.3 Å². The van der Waals surface area contributed by atoms with Crippen LogP contribution in [-0.2, 0) is 9.53 Å². The van der Waals surface area contributed by atoms with Gasteiger partial charge in [-0.1, -0.05) is 0 Å². The molecule has 0 saturated carbocycles. The molecule has 1 aliphatic rings. The van der Waals surface area contributed by atoms with Gasteiger partial charge in [0.25, 0.3) is 0 Å². The van der Waals surface area contributed by atoms with Gasteiger partial charge in [-0.15, -0.1) is 0 Å². The summed E-state index contributed by atoms with van der Waals surface area (Å²) in [5, 5.41) is 22.2. The van der Waals surface area contributed by atoms with E-state index >= 15 is 0 Å². The highest BCUT2D eigenvalue weighted by Gasteiger charge is 2.36. The molecule has 2 N–H and O–H groups in total. The van der Waals surface area contributed by atoms with E-state index in [-0.39, 0.29) is 13.2 Å². The van der Waals surface area contributed by atoms with Crippen molar-refractivity contribution < 1.29 is 28.3 Å². The first kappa shape index (κ1) is 14.1. The Balaban J connectivity index is 2.33. The fraction of sp³-hybridized carbons (Fsp3) is 0.364. The number of rotatable bonds is 4. The first-order chi connectivity index (χ1) is 9.40. The van der Waals surface area contributed by atoms with Crippen LogP contribution in [0.2, 0.25) is 0 Å². The Labute approximate surface area is 111 Å². The minimum absolute atomic E-state index is 0.0216. The number of carbonyl (C=O) groups is 1. The number of nitrogens with zero attached hydrogens (tertiary/aromatic N) is 1. The normalized spacial score (nSPS) is 21.7. The molecule has 9 heteroatoms. The van der Waals surface area contributed by atoms with E-state index in [9.17, 15) is 23.7 Å². The van der Waals surface area contributed by atoms with Gasteiger partial charge in [-0.3, -0.25) is 14.9 Å². The van der Waals surface area contributed by atoms with Crippen LogP contribution >= 0.6 is 0 Å². The third kappa shape index (κ3) is 2.67. The fourth-order valence-electron chi connectivity index (χ4n) is 2.00. The van der Waals surface area contributed by atoms with E-state index in [1.54, 1.807) is 0 Å². The molecule has 1 aromatic rings. The third-order valence-corrected chi connectivity index (χ3v) is 2.95. The number of benzene rings is 1. The van der Waals surface area contributed by atoms with Crippen LogP contribution in [0.1, 0.15) is 0 Å². The quantitative estimate of drug-likeness (QED) is 0.641. The highest BCUT2D eigenvalue weighted by atomic mass is 19.1. The maximum Gasteiger partial charge on any atom is 0.327 e. The number of hydrogen-bond donors (Lipinski definition) is 2. The van der Waals surface area contributed by atoms with Crippen LogP contribution in [0.15, 0.2) is 12.1 Å². The van der Waals surface area contributed by atoms with Crippen LogP contribution < -0.4 is 5.32 Å². The molecule has 0 aliphatic carbocycles. The number of hydrogen-bond acceptors (Lipinski definition) is 5. The van der Waals surface area contributed by atoms with Gasteiger partial charge in [0, 0.05) is 12.1 Å². The molecule has 108 valence electrons. The maximum absolute atomic E-state index is 13.4. The smallest absolute Gasteiger partial charge is 0.327 e. The topological polar surface area (TPSA) is 102 Å². The van der Waals surface area contributed by atoms with E-state index in [0.29, 0.717) is 6.07 Å². The molecule has 1 aliphatic heterocycles. The van der Waals surface area contributed by atoms with Gasteiger partial charge in [-0.05, 0) is 0 Å². The zero-order chi connectivity index (χ0) is 14.9. The van der Waals surface area contributed by atoms with Crippen molar-refractivity contribution in [1.82, 2.24) is 0 Å². The number of nitrogens with one attached hydrogen (secondary N) is 1. The minimum atomic E-state index is -1.33. The summed E-state index contributed by atoms with van der Waals surface area (Å²) < 4.78 is 31.5. The third-order valence-electron chi connectivity index (χ3n) is 2.95. The van der Waals surface area contributed by atoms with Gasteiger partial charge in [0.15, 0.2) is 0 Å². The van der Waals surface area contributed by atoms with Gasteiger partial charge in [0.2, 0.25) is 5.82 Å². The van der Waals surface area contributed by atoms with Gasteiger partial charge in [-0.25, -0.2) is 4.39 Å². The van der Waals surface area contributed by atoms with Crippen LogP contribution in [0.5, 0.6) is 0 Å². The highest BCUT2D eigenvalue weighted by molar-refractivity contribution is 5.73. The molecule has 0 amide bonds. The Morgan fingerprint density at radius 3 is 2.75 bits per heavy atom. The van der Waals surface area contributed by atoms with Crippen LogP contribution in [0.25, 0.3) is 0 Å². The van der Waals surface area contributed by atoms with E-state index in [2.05, 4.69) is 5.32 Å². The second-order valence-corrected chi connectivity index (χ2v) is 4.27. The van der Waals surface area contributed by atoms with Crippen LogP contribution in [0.4, 0.5) is 20.2 Å². The zero-order valence-corrected chi connectivity index (χ0v) is 10.0. The predicted octanol–water partition coefficient (Wildman–Crippen LogP) is 1.38. The largest absolute Gasteiger partial charge is 0.481 e. The van der Waals surface area contributed by atoms with Crippen molar-refractivity contribution >= 4 is 17.3 Å². The molecule has 2 unspecified atom stereocenters. The molecular formula is C11H10F2N2O5. The molecule has 1 heterocycles. The SMILES string of the molecule is O=C(O)C1COCC1Nc1cc(F)cc(F)c1[N+](=O)[O-]. The number of aliphatic carboxylic acids is 1. The van der Waals surface area contributed by atoms with Gasteiger partial charge >= 0.3 is 11.7 Å². The number of nitro groups is 1. The average molecular weight is 288 g/mol. The van der Waals surface area contributed by atoms with E-state index in [1.165, 1.54) is 0 Å². The van der Waals surface area contributed by atoms with E-state index in [4.69, 9.17) is 9.84 Å². The standard InChI is InChI=1S/C11H10F2N2O5/c12-5-1-7(13)10(15(18)19)8(2-5)14-9-4-20-3-6(9)11(16)17/h1-2,6,9,14H,3-4H2,(H,16,17). The van der Waals surface area contributed by atoms with Crippen molar-refractivity contribution in [2.75, 3.05) is 18.5 Å². The first-order valence-electron chi connectivity index (χ1n) is 5.60. The summed E-state index contributed by atoms with van der Waals surface area (Å²) >= 11 is 0. The summed E-state index contributed by atoms with van der Waals surface area (Å²) in [4.78, 5) is 20.8. The Morgan fingerprint density at radius 2 is 2.15 bits per heavy atom. The van der Waals surface area contributed by atoms with Gasteiger partial charge < -0.3 is 15.2 Å². The summed E-state index contributed by atoms with van der Waals surface area (Å²) in [5.74, 6) is -4.43.